The fraction of sp³-hybridized carbons (Fsp3) is 0.333. The number of hydrogen-bond donors (Lipinski definition) is 1. The number of aryl methyl sites for hydroxylation is 1. The molecule has 1 amide bonds. The fourth-order valence-corrected chi connectivity index (χ4v) is 1.97. The van der Waals surface area contributed by atoms with Crippen molar-refractivity contribution in [1.29, 1.82) is 5.26 Å². The number of nitriles is 1. The summed E-state index contributed by atoms with van der Waals surface area (Å²) in [5, 5.41) is 10.7. The highest BCUT2D eigenvalue weighted by atomic mass is 16.2. The molecule has 0 aliphatic carbocycles. The largest absolute Gasteiger partial charge is 0.285 e. The van der Waals surface area contributed by atoms with E-state index in [0.717, 1.165) is 30.6 Å². The monoisotopic (exact) mass is 215 g/mol. The van der Waals surface area contributed by atoms with Crippen LogP contribution in [-0.4, -0.2) is 12.5 Å². The summed E-state index contributed by atoms with van der Waals surface area (Å²) in [5.41, 5.74) is 5.58. The van der Waals surface area contributed by atoms with Gasteiger partial charge in [0.25, 0.3) is 0 Å². The van der Waals surface area contributed by atoms with Crippen LogP contribution in [0.3, 0.4) is 0 Å². The highest BCUT2D eigenvalue weighted by molar-refractivity contribution is 5.76. The van der Waals surface area contributed by atoms with Crippen LogP contribution in [0.4, 0.5) is 5.69 Å². The number of nitrogens with zero attached hydrogens (tertiary/aromatic N) is 2. The van der Waals surface area contributed by atoms with Gasteiger partial charge in [0.1, 0.15) is 0 Å². The Morgan fingerprint density at radius 2 is 2.38 bits per heavy atom. The molecule has 0 saturated heterocycles. The minimum absolute atomic E-state index is 0.0720. The molecule has 1 N–H and O–H groups in total. The summed E-state index contributed by atoms with van der Waals surface area (Å²) in [7, 11) is 0. The molecule has 1 heterocycles. The Kier molecular flexibility index (Phi) is 2.78. The van der Waals surface area contributed by atoms with Gasteiger partial charge < -0.3 is 0 Å². The molecular weight excluding hydrogens is 202 g/mol. The average molecular weight is 215 g/mol. The Labute approximate surface area is 94.4 Å². The Morgan fingerprint density at radius 3 is 3.06 bits per heavy atom. The Hall–Kier alpha value is -2.02. The predicted octanol–water partition coefficient (Wildman–Crippen LogP) is 1.36. The maximum Gasteiger partial charge on any atom is 0.235 e. The maximum atomic E-state index is 11.0. The van der Waals surface area contributed by atoms with Crippen molar-refractivity contribution in [3.05, 3.63) is 29.3 Å². The summed E-state index contributed by atoms with van der Waals surface area (Å²) in [6.07, 6.45) is 1.95. The van der Waals surface area contributed by atoms with Crippen LogP contribution in [0.1, 0.15) is 24.5 Å². The van der Waals surface area contributed by atoms with Crippen LogP contribution in [-0.2, 0) is 11.2 Å². The van der Waals surface area contributed by atoms with E-state index in [1.807, 2.05) is 17.1 Å². The van der Waals surface area contributed by atoms with Crippen molar-refractivity contribution in [2.45, 2.75) is 19.8 Å². The number of rotatable bonds is 1. The Balaban J connectivity index is 2.33. The first-order valence-electron chi connectivity index (χ1n) is 5.28. The van der Waals surface area contributed by atoms with Crippen LogP contribution in [0.2, 0.25) is 0 Å². The van der Waals surface area contributed by atoms with E-state index in [2.05, 4.69) is 11.5 Å². The number of amides is 1. The zero-order valence-corrected chi connectivity index (χ0v) is 9.16. The molecule has 82 valence electrons. The smallest absolute Gasteiger partial charge is 0.235 e. The van der Waals surface area contributed by atoms with E-state index >= 15 is 0 Å². The Morgan fingerprint density at radius 1 is 1.56 bits per heavy atom. The van der Waals surface area contributed by atoms with Crippen molar-refractivity contribution in [1.82, 2.24) is 5.43 Å². The predicted molar refractivity (Wildman–Crippen MR) is 60.6 cm³/mol. The third-order valence-corrected chi connectivity index (χ3v) is 2.62. The second-order valence-electron chi connectivity index (χ2n) is 3.88. The molecular formula is C12H13N3O. The molecule has 0 fully saturated rings. The van der Waals surface area contributed by atoms with Crippen molar-refractivity contribution >= 4 is 11.6 Å². The molecule has 0 radical (unpaired) electrons. The van der Waals surface area contributed by atoms with Crippen molar-refractivity contribution in [3.63, 3.8) is 0 Å². The molecule has 1 aromatic carbocycles. The number of anilines is 1. The summed E-state index contributed by atoms with van der Waals surface area (Å²) in [6.45, 7) is 2.32. The van der Waals surface area contributed by atoms with Gasteiger partial charge in [-0.25, -0.2) is 0 Å². The van der Waals surface area contributed by atoms with Gasteiger partial charge in [-0.1, -0.05) is 0 Å². The highest BCUT2D eigenvalue weighted by Crippen LogP contribution is 2.26. The van der Waals surface area contributed by atoms with E-state index in [-0.39, 0.29) is 5.91 Å². The number of nitrogens with one attached hydrogen (secondary N) is 1. The molecule has 1 aromatic rings. The van der Waals surface area contributed by atoms with Gasteiger partial charge in [-0.2, -0.15) is 5.26 Å². The van der Waals surface area contributed by atoms with E-state index in [0.29, 0.717) is 5.56 Å². The minimum Gasteiger partial charge on any atom is -0.285 e. The number of carbonyl (C=O) groups excluding carboxylic acids is 1. The van der Waals surface area contributed by atoms with E-state index in [1.165, 1.54) is 6.92 Å². The summed E-state index contributed by atoms with van der Waals surface area (Å²) in [6, 6.07) is 7.69. The molecule has 0 unspecified atom stereocenters. The second kappa shape index (κ2) is 4.23. The summed E-state index contributed by atoms with van der Waals surface area (Å²) in [4.78, 5) is 11.0. The van der Waals surface area contributed by atoms with Crippen LogP contribution in [0, 0.1) is 11.3 Å². The number of hydrogen-bond acceptors (Lipinski definition) is 3. The zero-order chi connectivity index (χ0) is 11.5. The van der Waals surface area contributed by atoms with Crippen molar-refractivity contribution in [2.75, 3.05) is 11.6 Å². The molecule has 4 heteroatoms. The molecule has 1 aliphatic heterocycles. The van der Waals surface area contributed by atoms with Gasteiger partial charge in [0.05, 0.1) is 17.3 Å². The number of carbonyl (C=O) groups is 1. The third kappa shape index (κ3) is 1.98. The quantitative estimate of drug-likeness (QED) is 0.769. The highest BCUT2D eigenvalue weighted by Gasteiger charge is 2.17. The van der Waals surface area contributed by atoms with Gasteiger partial charge in [0, 0.05) is 13.5 Å². The minimum atomic E-state index is -0.0720. The lowest BCUT2D eigenvalue weighted by Crippen LogP contribution is -2.44. The van der Waals surface area contributed by atoms with Crippen LogP contribution < -0.4 is 10.4 Å². The van der Waals surface area contributed by atoms with E-state index in [4.69, 9.17) is 5.26 Å². The third-order valence-electron chi connectivity index (χ3n) is 2.62. The first-order valence-corrected chi connectivity index (χ1v) is 5.28. The van der Waals surface area contributed by atoms with Crippen molar-refractivity contribution in [3.8, 4) is 6.07 Å². The summed E-state index contributed by atoms with van der Waals surface area (Å²) >= 11 is 0. The molecule has 0 bridgehead atoms. The number of hydrazine groups is 1. The van der Waals surface area contributed by atoms with E-state index in [9.17, 15) is 4.79 Å². The first kappa shape index (κ1) is 10.5. The normalized spacial score (nSPS) is 13.9. The lowest BCUT2D eigenvalue weighted by Gasteiger charge is -2.30. The first-order chi connectivity index (χ1) is 7.70. The molecule has 0 saturated carbocycles. The molecule has 1 aliphatic rings. The van der Waals surface area contributed by atoms with E-state index in [1.54, 1.807) is 6.07 Å². The number of benzene rings is 1. The average Bonchev–Trinajstić information content (AvgIpc) is 2.28. The SMILES string of the molecule is CC(=O)NN1CCCc2cc(C#N)ccc21. The lowest BCUT2D eigenvalue weighted by atomic mass is 10.0. The van der Waals surface area contributed by atoms with Crippen LogP contribution in [0.15, 0.2) is 18.2 Å². The molecule has 0 spiro atoms. The summed E-state index contributed by atoms with van der Waals surface area (Å²) < 4.78 is 0. The fourth-order valence-electron chi connectivity index (χ4n) is 1.97. The van der Waals surface area contributed by atoms with Crippen LogP contribution in [0.25, 0.3) is 0 Å². The van der Waals surface area contributed by atoms with Crippen molar-refractivity contribution in [2.24, 2.45) is 0 Å². The van der Waals surface area contributed by atoms with Crippen molar-refractivity contribution < 1.29 is 4.79 Å². The lowest BCUT2D eigenvalue weighted by molar-refractivity contribution is -0.119. The van der Waals surface area contributed by atoms with Gasteiger partial charge in [0.15, 0.2) is 0 Å². The molecule has 0 atom stereocenters. The maximum absolute atomic E-state index is 11.0. The topological polar surface area (TPSA) is 56.1 Å². The van der Waals surface area contributed by atoms with Crippen LogP contribution >= 0.6 is 0 Å². The molecule has 2 rings (SSSR count). The van der Waals surface area contributed by atoms with Crippen LogP contribution in [0.5, 0.6) is 0 Å². The standard InChI is InChI=1S/C12H13N3O/c1-9(16)14-15-6-2-3-11-7-10(8-13)4-5-12(11)15/h4-5,7H,2-3,6H2,1H3,(H,14,16). The molecule has 0 aromatic heterocycles. The molecule has 16 heavy (non-hydrogen) atoms. The van der Waals surface area contributed by atoms with Gasteiger partial charge in [-0.15, -0.1) is 0 Å². The second-order valence-corrected chi connectivity index (χ2v) is 3.88. The zero-order valence-electron chi connectivity index (χ0n) is 9.16. The summed E-state index contributed by atoms with van der Waals surface area (Å²) in [5.74, 6) is -0.0720. The van der Waals surface area contributed by atoms with Gasteiger partial charge >= 0.3 is 0 Å². The Bertz CT molecular complexity index is 462. The molecule has 4 nitrogen and oxygen atoms in total. The van der Waals surface area contributed by atoms with Gasteiger partial charge in [0.2, 0.25) is 5.91 Å². The number of fused-ring (bicyclic) bond motifs is 1. The van der Waals surface area contributed by atoms with Gasteiger partial charge in [-0.05, 0) is 36.6 Å². The van der Waals surface area contributed by atoms with E-state index < -0.39 is 0 Å². The van der Waals surface area contributed by atoms with Gasteiger partial charge in [-0.3, -0.25) is 15.2 Å².